The molecule has 0 amide bonds. The van der Waals surface area contributed by atoms with Gasteiger partial charge in [-0.05, 0) is 81.2 Å². The molecular formula is C25H34O. The molecule has 1 N–H and O–H groups in total. The van der Waals surface area contributed by atoms with Gasteiger partial charge in [-0.25, -0.2) is 0 Å². The standard InChI is InChI=1S/C25H34O/c1-20(11-7-8-12-22(3)19-26)13-9-14-21(2)16-17-24-23(4)15-10-18-25(24,5)6/h9,11-14,16-17,26H,10,15,18-19H2,1-6H3. The van der Waals surface area contributed by atoms with Gasteiger partial charge in [0.2, 0.25) is 0 Å². The van der Waals surface area contributed by atoms with Crippen LogP contribution in [0.5, 0.6) is 0 Å². The first kappa shape index (κ1) is 22.0. The minimum absolute atomic E-state index is 0.0580. The molecule has 1 nitrogen and oxygen atoms in total. The molecule has 0 aromatic rings. The molecule has 0 aliphatic heterocycles. The summed E-state index contributed by atoms with van der Waals surface area (Å²) in [6.07, 6.45) is 18.2. The fourth-order valence-corrected chi connectivity index (χ4v) is 3.05. The summed E-state index contributed by atoms with van der Waals surface area (Å²) >= 11 is 0. The van der Waals surface area contributed by atoms with Gasteiger partial charge < -0.3 is 5.11 Å². The van der Waals surface area contributed by atoms with Gasteiger partial charge in [0, 0.05) is 0 Å². The van der Waals surface area contributed by atoms with E-state index in [0.717, 1.165) is 11.1 Å². The highest BCUT2D eigenvalue weighted by atomic mass is 16.3. The molecule has 140 valence electrons. The van der Waals surface area contributed by atoms with E-state index < -0.39 is 0 Å². The first-order valence-electron chi connectivity index (χ1n) is 9.44. The second kappa shape index (κ2) is 10.8. The van der Waals surface area contributed by atoms with Gasteiger partial charge in [0.05, 0.1) is 6.61 Å². The maximum Gasteiger partial charge on any atom is 0.0648 e. The Kier molecular flexibility index (Phi) is 9.17. The molecule has 0 radical (unpaired) electrons. The Morgan fingerprint density at radius 3 is 2.42 bits per heavy atom. The molecule has 0 saturated heterocycles. The van der Waals surface area contributed by atoms with Gasteiger partial charge in [0.1, 0.15) is 0 Å². The lowest BCUT2D eigenvalue weighted by molar-refractivity contribution is 0.331. The smallest absolute Gasteiger partial charge is 0.0648 e. The average molecular weight is 351 g/mol. The number of hydrogen-bond donors (Lipinski definition) is 1. The average Bonchev–Trinajstić information content (AvgIpc) is 2.57. The third kappa shape index (κ3) is 7.89. The topological polar surface area (TPSA) is 20.2 Å². The molecule has 0 aromatic carbocycles. The molecule has 1 aliphatic rings. The van der Waals surface area contributed by atoms with Crippen LogP contribution in [0, 0.1) is 17.3 Å². The van der Waals surface area contributed by atoms with Crippen molar-refractivity contribution in [2.24, 2.45) is 5.41 Å². The maximum atomic E-state index is 8.90. The van der Waals surface area contributed by atoms with Crippen molar-refractivity contribution in [2.75, 3.05) is 6.61 Å². The van der Waals surface area contributed by atoms with Crippen molar-refractivity contribution in [1.82, 2.24) is 0 Å². The minimum atomic E-state index is 0.0580. The van der Waals surface area contributed by atoms with E-state index in [2.05, 4.69) is 69.9 Å². The van der Waals surface area contributed by atoms with Crippen LogP contribution >= 0.6 is 0 Å². The van der Waals surface area contributed by atoms with E-state index in [9.17, 15) is 0 Å². The van der Waals surface area contributed by atoms with E-state index in [1.807, 2.05) is 19.9 Å². The van der Waals surface area contributed by atoms with Crippen molar-refractivity contribution in [2.45, 2.75) is 60.8 Å². The zero-order valence-electron chi connectivity index (χ0n) is 17.3. The molecule has 0 atom stereocenters. The van der Waals surface area contributed by atoms with Gasteiger partial charge in [-0.1, -0.05) is 67.2 Å². The molecule has 0 heterocycles. The van der Waals surface area contributed by atoms with Crippen LogP contribution in [0.2, 0.25) is 0 Å². The van der Waals surface area contributed by atoms with Crippen molar-refractivity contribution >= 4 is 0 Å². The van der Waals surface area contributed by atoms with Crippen molar-refractivity contribution in [3.8, 4) is 11.8 Å². The first-order valence-corrected chi connectivity index (χ1v) is 9.44. The van der Waals surface area contributed by atoms with Crippen molar-refractivity contribution in [3.05, 3.63) is 70.4 Å². The molecule has 0 aromatic heterocycles. The van der Waals surface area contributed by atoms with Gasteiger partial charge >= 0.3 is 0 Å². The van der Waals surface area contributed by atoms with Crippen molar-refractivity contribution < 1.29 is 5.11 Å². The third-order valence-electron chi connectivity index (χ3n) is 4.72. The third-order valence-corrected chi connectivity index (χ3v) is 4.72. The highest BCUT2D eigenvalue weighted by Crippen LogP contribution is 2.40. The quantitative estimate of drug-likeness (QED) is 0.445. The number of hydrogen-bond acceptors (Lipinski definition) is 1. The molecule has 1 heteroatoms. The lowest BCUT2D eigenvalue weighted by Crippen LogP contribution is -2.19. The van der Waals surface area contributed by atoms with E-state index in [0.29, 0.717) is 0 Å². The van der Waals surface area contributed by atoms with E-state index in [4.69, 9.17) is 5.11 Å². The highest BCUT2D eigenvalue weighted by molar-refractivity contribution is 5.37. The van der Waals surface area contributed by atoms with Crippen LogP contribution in [-0.2, 0) is 0 Å². The van der Waals surface area contributed by atoms with Gasteiger partial charge in [-0.15, -0.1) is 0 Å². The number of rotatable bonds is 5. The van der Waals surface area contributed by atoms with Gasteiger partial charge in [0.15, 0.2) is 0 Å². The Morgan fingerprint density at radius 1 is 1.08 bits per heavy atom. The zero-order valence-corrected chi connectivity index (χ0v) is 17.3. The van der Waals surface area contributed by atoms with E-state index >= 15 is 0 Å². The molecular weight excluding hydrogens is 316 g/mol. The summed E-state index contributed by atoms with van der Waals surface area (Å²) in [5.41, 5.74) is 6.53. The van der Waals surface area contributed by atoms with Crippen molar-refractivity contribution in [3.63, 3.8) is 0 Å². The van der Waals surface area contributed by atoms with Gasteiger partial charge in [0.25, 0.3) is 0 Å². The Balaban J connectivity index is 2.72. The Hall–Kier alpha value is -2.04. The van der Waals surface area contributed by atoms with Crippen LogP contribution in [0.3, 0.4) is 0 Å². The molecule has 0 fully saturated rings. The number of allylic oxidation sites excluding steroid dienone is 11. The highest BCUT2D eigenvalue weighted by Gasteiger charge is 2.26. The predicted octanol–water partition coefficient (Wildman–Crippen LogP) is 6.46. The Labute approximate surface area is 160 Å². The molecule has 26 heavy (non-hydrogen) atoms. The summed E-state index contributed by atoms with van der Waals surface area (Å²) in [6.45, 7) is 13.0. The summed E-state index contributed by atoms with van der Waals surface area (Å²) in [4.78, 5) is 0. The summed E-state index contributed by atoms with van der Waals surface area (Å²) in [5.74, 6) is 5.90. The SMILES string of the molecule is CC(C=CC=C(C)C=CC1=C(C)CCCC1(C)C)=CC#CC=C(C)CO. The van der Waals surface area contributed by atoms with Crippen LogP contribution in [0.15, 0.2) is 70.4 Å². The molecule has 0 saturated carbocycles. The van der Waals surface area contributed by atoms with Gasteiger partial charge in [-0.2, -0.15) is 0 Å². The minimum Gasteiger partial charge on any atom is -0.392 e. The second-order valence-corrected chi connectivity index (χ2v) is 7.86. The lowest BCUT2D eigenvalue weighted by Gasteiger charge is -2.32. The largest absolute Gasteiger partial charge is 0.392 e. The fraction of sp³-hybridized carbons (Fsp3) is 0.440. The van der Waals surface area contributed by atoms with E-state index in [1.54, 1.807) is 6.08 Å². The monoisotopic (exact) mass is 350 g/mol. The van der Waals surface area contributed by atoms with E-state index in [1.165, 1.54) is 36.0 Å². The molecule has 1 aliphatic carbocycles. The summed E-state index contributed by atoms with van der Waals surface area (Å²) in [5, 5.41) is 8.90. The van der Waals surface area contributed by atoms with Crippen LogP contribution in [0.1, 0.15) is 60.8 Å². The number of aliphatic hydroxyl groups excluding tert-OH is 1. The summed E-state index contributed by atoms with van der Waals surface area (Å²) in [7, 11) is 0. The first-order chi connectivity index (χ1) is 12.3. The molecule has 0 spiro atoms. The van der Waals surface area contributed by atoms with Gasteiger partial charge in [-0.3, -0.25) is 0 Å². The summed E-state index contributed by atoms with van der Waals surface area (Å²) < 4.78 is 0. The summed E-state index contributed by atoms with van der Waals surface area (Å²) in [6, 6.07) is 0. The zero-order chi connectivity index (χ0) is 19.6. The second-order valence-electron chi connectivity index (χ2n) is 7.86. The van der Waals surface area contributed by atoms with Crippen LogP contribution < -0.4 is 0 Å². The van der Waals surface area contributed by atoms with E-state index in [-0.39, 0.29) is 12.0 Å². The predicted molar refractivity (Wildman–Crippen MR) is 115 cm³/mol. The fourth-order valence-electron chi connectivity index (χ4n) is 3.05. The Bertz CT molecular complexity index is 722. The maximum absolute atomic E-state index is 8.90. The normalized spacial score (nSPS) is 19.3. The number of aliphatic hydroxyl groups is 1. The Morgan fingerprint density at radius 2 is 1.77 bits per heavy atom. The molecule has 1 rings (SSSR count). The lowest BCUT2D eigenvalue weighted by atomic mass is 9.72. The van der Waals surface area contributed by atoms with Crippen LogP contribution in [0.4, 0.5) is 0 Å². The molecule has 0 bridgehead atoms. The van der Waals surface area contributed by atoms with Crippen LogP contribution in [0.25, 0.3) is 0 Å². The van der Waals surface area contributed by atoms with Crippen molar-refractivity contribution in [1.29, 1.82) is 0 Å². The molecule has 0 unspecified atom stereocenters. The van der Waals surface area contributed by atoms with Crippen LogP contribution in [-0.4, -0.2) is 11.7 Å².